The highest BCUT2D eigenvalue weighted by Crippen LogP contribution is 2.66. The summed E-state index contributed by atoms with van der Waals surface area (Å²) >= 11 is 0. The zero-order valence-electron chi connectivity index (χ0n) is 15.6. The molecule has 0 amide bonds. The fraction of sp³-hybridized carbons (Fsp3) is 0.667. The number of hydrogen-bond acceptors (Lipinski definition) is 4. The van der Waals surface area contributed by atoms with Crippen LogP contribution in [0.2, 0.25) is 0 Å². The van der Waals surface area contributed by atoms with Gasteiger partial charge in [-0.15, -0.1) is 0 Å². The fourth-order valence-electron chi connectivity index (χ4n) is 6.45. The van der Waals surface area contributed by atoms with E-state index in [0.29, 0.717) is 31.5 Å². The van der Waals surface area contributed by atoms with E-state index in [2.05, 4.69) is 0 Å². The van der Waals surface area contributed by atoms with Crippen LogP contribution in [0.3, 0.4) is 0 Å². The van der Waals surface area contributed by atoms with Gasteiger partial charge >= 0.3 is 5.97 Å². The van der Waals surface area contributed by atoms with Crippen molar-refractivity contribution in [3.63, 3.8) is 0 Å². The lowest BCUT2D eigenvalue weighted by Gasteiger charge is -2.61. The summed E-state index contributed by atoms with van der Waals surface area (Å²) in [4.78, 5) is 12.1. The molecule has 26 heavy (non-hydrogen) atoms. The minimum absolute atomic E-state index is 0.0961. The molecule has 5 rings (SSSR count). The number of carboxylic acids is 1. The quantitative estimate of drug-likeness (QED) is 0.810. The molecule has 4 saturated carbocycles. The van der Waals surface area contributed by atoms with Gasteiger partial charge < -0.3 is 19.7 Å². The Morgan fingerprint density at radius 2 is 1.62 bits per heavy atom. The first-order valence-electron chi connectivity index (χ1n) is 9.48. The normalized spacial score (nSPS) is 35.0. The van der Waals surface area contributed by atoms with E-state index in [9.17, 15) is 15.0 Å². The van der Waals surface area contributed by atoms with Gasteiger partial charge in [-0.2, -0.15) is 0 Å². The molecule has 5 nitrogen and oxygen atoms in total. The molecule has 0 aromatic heterocycles. The van der Waals surface area contributed by atoms with Gasteiger partial charge in [0.05, 0.1) is 18.6 Å². The third-order valence-corrected chi connectivity index (χ3v) is 6.99. The van der Waals surface area contributed by atoms with Crippen molar-refractivity contribution in [3.8, 4) is 5.75 Å². The van der Waals surface area contributed by atoms with Gasteiger partial charge in [0, 0.05) is 25.3 Å². The molecule has 4 aliphatic carbocycles. The molecule has 0 spiro atoms. The summed E-state index contributed by atoms with van der Waals surface area (Å²) in [6.07, 6.45) is 5.66. The van der Waals surface area contributed by atoms with Gasteiger partial charge in [0.2, 0.25) is 0 Å². The lowest BCUT2D eigenvalue weighted by molar-refractivity contribution is -0.167. The van der Waals surface area contributed by atoms with Crippen LogP contribution in [-0.2, 0) is 32.9 Å². The maximum Gasteiger partial charge on any atom is 0.309 e. The number of aromatic hydroxyl groups is 1. The summed E-state index contributed by atoms with van der Waals surface area (Å²) in [5.74, 6) is 0.606. The number of methoxy groups -OCH3 is 2. The monoisotopic (exact) mass is 360 g/mol. The van der Waals surface area contributed by atoms with Crippen molar-refractivity contribution in [3.05, 3.63) is 28.8 Å². The summed E-state index contributed by atoms with van der Waals surface area (Å²) in [5.41, 5.74) is 2.02. The number of rotatable bonds is 6. The predicted octanol–water partition coefficient (Wildman–Crippen LogP) is 3.61. The molecule has 5 heteroatoms. The molecule has 4 aliphatic rings. The molecule has 0 aliphatic heterocycles. The third-order valence-electron chi connectivity index (χ3n) is 6.99. The van der Waals surface area contributed by atoms with Gasteiger partial charge in [0.15, 0.2) is 0 Å². The van der Waals surface area contributed by atoms with Gasteiger partial charge in [-0.3, -0.25) is 4.79 Å². The molecule has 2 N–H and O–H groups in total. The largest absolute Gasteiger partial charge is 0.507 e. The third kappa shape index (κ3) is 2.64. The number of phenolic OH excluding ortho intramolecular Hbond substituents is 1. The SMILES string of the molecule is COCc1cc(C23CC4CC(CC(C(=O)O)(C4)C2)C3)cc(COC)c1O. The van der Waals surface area contributed by atoms with Crippen LogP contribution in [0.25, 0.3) is 0 Å². The molecule has 4 bridgehead atoms. The summed E-state index contributed by atoms with van der Waals surface area (Å²) in [6.45, 7) is 0.673. The summed E-state index contributed by atoms with van der Waals surface area (Å²) in [7, 11) is 3.23. The summed E-state index contributed by atoms with van der Waals surface area (Å²) in [5, 5.41) is 20.5. The predicted molar refractivity (Wildman–Crippen MR) is 96.0 cm³/mol. The Morgan fingerprint density at radius 1 is 1.08 bits per heavy atom. The van der Waals surface area contributed by atoms with Crippen LogP contribution in [0.1, 0.15) is 55.2 Å². The van der Waals surface area contributed by atoms with E-state index in [0.717, 1.165) is 42.4 Å². The van der Waals surface area contributed by atoms with Crippen molar-refractivity contribution in [2.24, 2.45) is 17.3 Å². The standard InChI is InChI=1S/C21H28O5/c1-25-10-15-4-17(5-16(11-26-2)18(15)22)20-6-13-3-14(7-20)9-21(8-13,12-20)19(23)24/h4-5,13-14,22H,3,6-12H2,1-2H3,(H,23,24). The molecule has 0 heterocycles. The van der Waals surface area contributed by atoms with E-state index in [1.165, 1.54) is 6.42 Å². The highest BCUT2D eigenvalue weighted by molar-refractivity contribution is 5.76. The van der Waals surface area contributed by atoms with E-state index in [1.54, 1.807) is 14.2 Å². The van der Waals surface area contributed by atoms with Crippen LogP contribution in [0.5, 0.6) is 5.75 Å². The lowest BCUT2D eigenvalue weighted by atomic mass is 9.43. The number of benzene rings is 1. The van der Waals surface area contributed by atoms with Gasteiger partial charge in [-0.1, -0.05) is 0 Å². The summed E-state index contributed by atoms with van der Waals surface area (Å²) in [6, 6.07) is 4.08. The molecular formula is C21H28O5. The number of phenols is 1. The molecule has 0 saturated heterocycles. The average Bonchev–Trinajstić information content (AvgIpc) is 2.57. The Kier molecular flexibility index (Phi) is 4.27. The first-order valence-corrected chi connectivity index (χ1v) is 9.48. The van der Waals surface area contributed by atoms with E-state index >= 15 is 0 Å². The van der Waals surface area contributed by atoms with Crippen molar-refractivity contribution in [2.45, 2.75) is 57.2 Å². The highest BCUT2D eigenvalue weighted by Gasteiger charge is 2.61. The minimum atomic E-state index is -0.621. The smallest absolute Gasteiger partial charge is 0.309 e. The Bertz CT molecular complexity index is 684. The minimum Gasteiger partial charge on any atom is -0.507 e. The lowest BCUT2D eigenvalue weighted by Crippen LogP contribution is -2.56. The fourth-order valence-corrected chi connectivity index (χ4v) is 6.45. The maximum absolute atomic E-state index is 12.1. The number of aliphatic carboxylic acids is 1. The first kappa shape index (κ1) is 17.8. The molecule has 2 unspecified atom stereocenters. The van der Waals surface area contributed by atoms with Crippen LogP contribution in [-0.4, -0.2) is 30.4 Å². The summed E-state index contributed by atoms with van der Waals surface area (Å²) < 4.78 is 10.6. The molecule has 142 valence electrons. The van der Waals surface area contributed by atoms with E-state index in [1.807, 2.05) is 12.1 Å². The number of hydrogen-bond donors (Lipinski definition) is 2. The Morgan fingerprint density at radius 3 is 2.08 bits per heavy atom. The Labute approximate surface area is 154 Å². The zero-order chi connectivity index (χ0) is 18.5. The topological polar surface area (TPSA) is 76.0 Å². The van der Waals surface area contributed by atoms with Crippen molar-refractivity contribution in [1.29, 1.82) is 0 Å². The molecule has 0 radical (unpaired) electrons. The van der Waals surface area contributed by atoms with E-state index in [4.69, 9.17) is 9.47 Å². The van der Waals surface area contributed by atoms with Gasteiger partial charge in [0.25, 0.3) is 0 Å². The van der Waals surface area contributed by atoms with Crippen LogP contribution < -0.4 is 0 Å². The van der Waals surface area contributed by atoms with Crippen molar-refractivity contribution >= 4 is 5.97 Å². The highest BCUT2D eigenvalue weighted by atomic mass is 16.5. The van der Waals surface area contributed by atoms with Crippen LogP contribution in [0.4, 0.5) is 0 Å². The van der Waals surface area contributed by atoms with Gasteiger partial charge in [0.1, 0.15) is 5.75 Å². The molecule has 1 aromatic rings. The molecular weight excluding hydrogens is 332 g/mol. The number of ether oxygens (including phenoxy) is 2. The van der Waals surface area contributed by atoms with Crippen molar-refractivity contribution in [1.82, 2.24) is 0 Å². The molecule has 1 aromatic carbocycles. The first-order chi connectivity index (χ1) is 12.4. The van der Waals surface area contributed by atoms with Gasteiger partial charge in [-0.05, 0) is 73.5 Å². The maximum atomic E-state index is 12.1. The van der Waals surface area contributed by atoms with E-state index < -0.39 is 11.4 Å². The number of carbonyl (C=O) groups is 1. The number of carboxylic acid groups (broad SMARTS) is 1. The van der Waals surface area contributed by atoms with Crippen molar-refractivity contribution < 1.29 is 24.5 Å². The Hall–Kier alpha value is -1.59. The van der Waals surface area contributed by atoms with Crippen LogP contribution in [0.15, 0.2) is 12.1 Å². The Balaban J connectivity index is 1.80. The second-order valence-electron chi connectivity index (χ2n) is 8.84. The second kappa shape index (κ2) is 6.24. The zero-order valence-corrected chi connectivity index (χ0v) is 15.6. The van der Waals surface area contributed by atoms with E-state index in [-0.39, 0.29) is 11.2 Å². The van der Waals surface area contributed by atoms with Gasteiger partial charge in [-0.25, -0.2) is 0 Å². The average molecular weight is 360 g/mol. The molecule has 4 fully saturated rings. The van der Waals surface area contributed by atoms with Crippen LogP contribution in [0, 0.1) is 17.3 Å². The van der Waals surface area contributed by atoms with Crippen LogP contribution >= 0.6 is 0 Å². The van der Waals surface area contributed by atoms with Crippen molar-refractivity contribution in [2.75, 3.05) is 14.2 Å². The molecule has 2 atom stereocenters. The second-order valence-corrected chi connectivity index (χ2v) is 8.84.